The number of benzene rings is 3. The highest BCUT2D eigenvalue weighted by Crippen LogP contribution is 2.65. The highest BCUT2D eigenvalue weighted by atomic mass is 35.5. The molecule has 6 amide bonds. The maximum absolute atomic E-state index is 15.0. The van der Waals surface area contributed by atoms with Crippen LogP contribution in [0, 0.1) is 29.5 Å². The molecule has 6 atom stereocenters. The minimum absolute atomic E-state index is 0.0470. The number of likely N-dealkylation sites (tertiary alicyclic amines) is 1. The van der Waals surface area contributed by atoms with Gasteiger partial charge in [-0.2, -0.15) is 9.91 Å². The van der Waals surface area contributed by atoms with Gasteiger partial charge in [0.25, 0.3) is 11.8 Å². The van der Waals surface area contributed by atoms with E-state index in [0.29, 0.717) is 21.1 Å². The van der Waals surface area contributed by atoms with Crippen LogP contribution in [0.3, 0.4) is 0 Å². The smallest absolute Gasteiger partial charge is 0.328 e. The van der Waals surface area contributed by atoms with Gasteiger partial charge in [-0.05, 0) is 66.8 Å². The maximum atomic E-state index is 15.0. The minimum atomic E-state index is -1.69. The van der Waals surface area contributed by atoms with Crippen molar-refractivity contribution in [1.82, 2.24) is 9.91 Å². The lowest BCUT2D eigenvalue weighted by atomic mass is 9.49. The molecule has 1 saturated carbocycles. The Morgan fingerprint density at radius 2 is 1.70 bits per heavy atom. The number of anilines is 1. The van der Waals surface area contributed by atoms with Crippen molar-refractivity contribution in [1.29, 1.82) is 0 Å². The molecule has 2 aliphatic carbocycles. The quantitative estimate of drug-likeness (QED) is 0.271. The Morgan fingerprint density at radius 1 is 1.00 bits per heavy atom. The molecule has 4 aliphatic rings. The molecule has 47 heavy (non-hydrogen) atoms. The Bertz CT molecular complexity index is 1900. The third-order valence-electron chi connectivity index (χ3n) is 10.0. The third-order valence-corrected chi connectivity index (χ3v) is 10.3. The average Bonchev–Trinajstić information content (AvgIpc) is 3.44. The van der Waals surface area contributed by atoms with Crippen molar-refractivity contribution in [2.75, 3.05) is 12.5 Å². The minimum Gasteiger partial charge on any atom is -0.504 e. The molecule has 13 heteroatoms. The van der Waals surface area contributed by atoms with Crippen LogP contribution in [0.1, 0.15) is 29.9 Å². The summed E-state index contributed by atoms with van der Waals surface area (Å²) in [6.45, 7) is 0. The van der Waals surface area contributed by atoms with Crippen molar-refractivity contribution in [2.45, 2.75) is 24.2 Å². The fourth-order valence-corrected chi connectivity index (χ4v) is 8.28. The lowest BCUT2D eigenvalue weighted by Crippen LogP contribution is -2.53. The van der Waals surface area contributed by atoms with Crippen LogP contribution in [0.4, 0.5) is 14.9 Å². The molecule has 3 aromatic rings. The number of nitrogens with zero attached hydrogens (tertiary/aromatic N) is 2. The summed E-state index contributed by atoms with van der Waals surface area (Å²) in [6, 6.07) is 15.2. The number of nitrogens with one attached hydrogen (secondary N) is 1. The van der Waals surface area contributed by atoms with Crippen molar-refractivity contribution >= 4 is 46.9 Å². The Kier molecular flexibility index (Phi) is 7.08. The second-order valence-corrected chi connectivity index (χ2v) is 12.6. The van der Waals surface area contributed by atoms with Crippen LogP contribution in [-0.4, -0.2) is 51.8 Å². The number of carbonyl (C=O) groups is 5. The third kappa shape index (κ3) is 4.27. The second-order valence-electron chi connectivity index (χ2n) is 12.1. The SMILES string of the molecule is COc1cccc([C@H]2C3=CC[C@@H]4C(=O)N(C(N)=O)C(=O)[C@@H]4[C@@H]3C[C@H]3C(=O)N(Nc4ccc(F)cc4)C(=O)[C@@]23c2ccc(Cl)cc2)c1O. The predicted octanol–water partition coefficient (Wildman–Crippen LogP) is 4.26. The number of para-hydroxylation sites is 1. The van der Waals surface area contributed by atoms with Gasteiger partial charge in [-0.25, -0.2) is 9.18 Å². The molecular weight excluding hydrogens is 631 g/mol. The van der Waals surface area contributed by atoms with Crippen molar-refractivity contribution < 1.29 is 38.2 Å². The van der Waals surface area contributed by atoms with E-state index in [-0.39, 0.29) is 35.6 Å². The van der Waals surface area contributed by atoms with Crippen molar-refractivity contribution in [3.63, 3.8) is 0 Å². The van der Waals surface area contributed by atoms with E-state index in [4.69, 9.17) is 22.1 Å². The van der Waals surface area contributed by atoms with E-state index in [0.717, 1.165) is 5.01 Å². The van der Waals surface area contributed by atoms with E-state index < -0.39 is 70.5 Å². The standard InChI is InChI=1S/C34H28ClFN4O7/c1-47-25-4-2-3-22(28(25)41)27-20-13-14-21-26(31(44)39(29(21)42)33(37)46)23(20)15-24-30(43)40(38-19-11-9-18(36)10-12-19)32(45)34(24,27)16-5-7-17(35)8-6-16/h2-13,21,23-24,26-27,38,41H,14-15H2,1H3,(H2,37,46)/t21-,23+,24-,26-,27+,34+/m0/s1. The molecule has 4 N–H and O–H groups in total. The molecule has 7 rings (SSSR count). The topological polar surface area (TPSA) is 159 Å². The number of allylic oxidation sites excluding steroid dienone is 2. The van der Waals surface area contributed by atoms with Gasteiger partial charge in [-0.3, -0.25) is 24.6 Å². The zero-order valence-corrected chi connectivity index (χ0v) is 25.6. The van der Waals surface area contributed by atoms with Gasteiger partial charge in [0, 0.05) is 16.5 Å². The van der Waals surface area contributed by atoms with Gasteiger partial charge >= 0.3 is 6.03 Å². The fourth-order valence-electron chi connectivity index (χ4n) is 8.15. The number of nitrogens with two attached hydrogens (primary N) is 1. The molecule has 3 fully saturated rings. The van der Waals surface area contributed by atoms with Crippen molar-refractivity contribution in [3.8, 4) is 11.5 Å². The summed E-state index contributed by atoms with van der Waals surface area (Å²) in [7, 11) is 1.38. The number of imide groups is 4. The molecule has 11 nitrogen and oxygen atoms in total. The van der Waals surface area contributed by atoms with E-state index in [9.17, 15) is 28.7 Å². The number of urea groups is 1. The number of hydrogen-bond donors (Lipinski definition) is 3. The number of primary amides is 1. The van der Waals surface area contributed by atoms with Gasteiger partial charge in [0.1, 0.15) is 5.82 Å². The molecular formula is C34H28ClFN4O7. The number of hydrogen-bond acceptors (Lipinski definition) is 8. The van der Waals surface area contributed by atoms with E-state index in [1.165, 1.54) is 31.4 Å². The van der Waals surface area contributed by atoms with Crippen molar-refractivity contribution in [3.05, 3.63) is 100 Å². The lowest BCUT2D eigenvalue weighted by Gasteiger charge is -2.50. The average molecular weight is 659 g/mol. The number of phenolic OH excluding ortho intramolecular Hbond substituents is 1. The summed E-state index contributed by atoms with van der Waals surface area (Å²) >= 11 is 6.28. The predicted molar refractivity (Wildman–Crippen MR) is 165 cm³/mol. The number of amides is 6. The van der Waals surface area contributed by atoms with Gasteiger partial charge in [0.2, 0.25) is 11.8 Å². The Morgan fingerprint density at radius 3 is 2.36 bits per heavy atom. The zero-order chi connectivity index (χ0) is 33.4. The van der Waals surface area contributed by atoms with Gasteiger partial charge < -0.3 is 15.6 Å². The molecule has 2 heterocycles. The van der Waals surface area contributed by atoms with Gasteiger partial charge in [0.15, 0.2) is 11.5 Å². The summed E-state index contributed by atoms with van der Waals surface area (Å²) in [5.41, 5.74) is 8.10. The molecule has 2 aliphatic heterocycles. The van der Waals surface area contributed by atoms with Crippen LogP contribution < -0.4 is 15.9 Å². The van der Waals surface area contributed by atoms with E-state index >= 15 is 4.79 Å². The highest BCUT2D eigenvalue weighted by molar-refractivity contribution is 6.30. The van der Waals surface area contributed by atoms with E-state index in [2.05, 4.69) is 5.43 Å². The van der Waals surface area contributed by atoms with Crippen molar-refractivity contribution in [2.24, 2.45) is 29.4 Å². The van der Waals surface area contributed by atoms with Gasteiger partial charge in [-0.15, -0.1) is 0 Å². The summed E-state index contributed by atoms with van der Waals surface area (Å²) in [5.74, 6) is -8.33. The molecule has 0 bridgehead atoms. The maximum Gasteiger partial charge on any atom is 0.328 e. The van der Waals surface area contributed by atoms with Gasteiger partial charge in [0.05, 0.1) is 36.0 Å². The molecule has 0 radical (unpaired) electrons. The number of hydrazine groups is 1. The molecule has 2 saturated heterocycles. The first-order valence-electron chi connectivity index (χ1n) is 14.9. The van der Waals surface area contributed by atoms with E-state index in [1.807, 2.05) is 0 Å². The van der Waals surface area contributed by atoms with Crippen LogP contribution in [0.25, 0.3) is 0 Å². The Balaban J connectivity index is 1.49. The number of fused-ring (bicyclic) bond motifs is 4. The lowest BCUT2D eigenvalue weighted by molar-refractivity contribution is -0.139. The number of phenols is 1. The molecule has 240 valence electrons. The Hall–Kier alpha value is -5.23. The molecule has 0 spiro atoms. The first kappa shape index (κ1) is 30.4. The number of carbonyl (C=O) groups excluding carboxylic acids is 5. The molecule has 0 aromatic heterocycles. The van der Waals surface area contributed by atoms with Crippen LogP contribution >= 0.6 is 11.6 Å². The van der Waals surface area contributed by atoms with Crippen LogP contribution in [0.2, 0.25) is 5.02 Å². The summed E-state index contributed by atoms with van der Waals surface area (Å²) in [5, 5.41) is 12.9. The number of aromatic hydroxyl groups is 1. The van der Waals surface area contributed by atoms with Gasteiger partial charge in [-0.1, -0.05) is 47.5 Å². The molecule has 0 unspecified atom stereocenters. The summed E-state index contributed by atoms with van der Waals surface area (Å²) < 4.78 is 19.2. The summed E-state index contributed by atoms with van der Waals surface area (Å²) in [6.07, 6.45) is 1.79. The fraction of sp³-hybridized carbons (Fsp3) is 0.265. The second kappa shape index (κ2) is 10.9. The van der Waals surface area contributed by atoms with Crippen LogP contribution in [0.15, 0.2) is 78.4 Å². The van der Waals surface area contributed by atoms with Crippen LogP contribution in [-0.2, 0) is 24.6 Å². The molecule has 3 aromatic carbocycles. The number of methoxy groups -OCH3 is 1. The Labute approximate surface area is 272 Å². The summed E-state index contributed by atoms with van der Waals surface area (Å²) in [4.78, 5) is 69.2. The highest BCUT2D eigenvalue weighted by Gasteiger charge is 2.71. The number of halogens is 2. The number of ether oxygens (including phenoxy) is 1. The largest absolute Gasteiger partial charge is 0.504 e. The first-order valence-corrected chi connectivity index (χ1v) is 15.3. The monoisotopic (exact) mass is 658 g/mol. The zero-order valence-electron chi connectivity index (χ0n) is 24.9. The number of rotatable bonds is 5. The first-order chi connectivity index (χ1) is 22.5. The van der Waals surface area contributed by atoms with E-state index in [1.54, 1.807) is 48.5 Å². The van der Waals surface area contributed by atoms with Crippen LogP contribution in [0.5, 0.6) is 11.5 Å². The normalized spacial score (nSPS) is 28.1.